The largest absolute Gasteiger partial charge is 0.232 e. The SMILES string of the molecule is Cc1cc(C)cc(CCCS(=O)(=O)Cl)c1. The Kier molecular flexibility index (Phi) is 4.17. The first-order valence-electron chi connectivity index (χ1n) is 4.86. The smallest absolute Gasteiger partial charge is 0.212 e. The summed E-state index contributed by atoms with van der Waals surface area (Å²) in [6.07, 6.45) is 1.34. The van der Waals surface area contributed by atoms with E-state index in [1.54, 1.807) is 0 Å². The van der Waals surface area contributed by atoms with Gasteiger partial charge in [0.1, 0.15) is 0 Å². The van der Waals surface area contributed by atoms with E-state index >= 15 is 0 Å². The molecule has 4 heteroatoms. The Morgan fingerprint density at radius 3 is 2.13 bits per heavy atom. The average Bonchev–Trinajstić information content (AvgIpc) is 1.99. The van der Waals surface area contributed by atoms with E-state index in [1.807, 2.05) is 13.8 Å². The second-order valence-corrected chi connectivity index (χ2v) is 6.74. The second kappa shape index (κ2) is 4.99. The van der Waals surface area contributed by atoms with Crippen molar-refractivity contribution >= 4 is 19.7 Å². The fraction of sp³-hybridized carbons (Fsp3) is 0.455. The van der Waals surface area contributed by atoms with Crippen molar-refractivity contribution in [3.8, 4) is 0 Å². The zero-order valence-corrected chi connectivity index (χ0v) is 10.5. The van der Waals surface area contributed by atoms with Crippen LogP contribution in [0.25, 0.3) is 0 Å². The summed E-state index contributed by atoms with van der Waals surface area (Å²) in [6.45, 7) is 4.07. The predicted octanol–water partition coefficient (Wildman–Crippen LogP) is 2.80. The van der Waals surface area contributed by atoms with Gasteiger partial charge in [0, 0.05) is 10.7 Å². The van der Waals surface area contributed by atoms with E-state index in [0.717, 1.165) is 6.42 Å². The van der Waals surface area contributed by atoms with Crippen molar-refractivity contribution in [1.29, 1.82) is 0 Å². The molecule has 15 heavy (non-hydrogen) atoms. The molecule has 1 aromatic carbocycles. The number of hydrogen-bond acceptors (Lipinski definition) is 2. The summed E-state index contributed by atoms with van der Waals surface area (Å²) in [4.78, 5) is 0. The van der Waals surface area contributed by atoms with E-state index in [0.29, 0.717) is 6.42 Å². The average molecular weight is 247 g/mol. The first kappa shape index (κ1) is 12.5. The van der Waals surface area contributed by atoms with Gasteiger partial charge in [-0.3, -0.25) is 0 Å². The lowest BCUT2D eigenvalue weighted by Crippen LogP contribution is -1.99. The van der Waals surface area contributed by atoms with Gasteiger partial charge in [-0.15, -0.1) is 0 Å². The van der Waals surface area contributed by atoms with Gasteiger partial charge in [0.15, 0.2) is 0 Å². The molecule has 0 radical (unpaired) electrons. The van der Waals surface area contributed by atoms with Crippen LogP contribution in [0, 0.1) is 13.8 Å². The van der Waals surface area contributed by atoms with Gasteiger partial charge in [0.05, 0.1) is 5.75 Å². The molecule has 0 heterocycles. The lowest BCUT2D eigenvalue weighted by Gasteiger charge is -2.03. The highest BCUT2D eigenvalue weighted by Gasteiger charge is 2.05. The number of hydrogen-bond donors (Lipinski definition) is 0. The lowest BCUT2D eigenvalue weighted by molar-refractivity contribution is 0.607. The molecule has 0 aliphatic heterocycles. The standard InChI is InChI=1S/C11H15ClO2S/c1-9-6-10(2)8-11(7-9)4-3-5-15(12,13)14/h6-8H,3-5H2,1-2H3. The van der Waals surface area contributed by atoms with Crippen LogP contribution in [0.3, 0.4) is 0 Å². The highest BCUT2D eigenvalue weighted by Crippen LogP contribution is 2.11. The maximum absolute atomic E-state index is 10.7. The van der Waals surface area contributed by atoms with Crippen LogP contribution in [-0.2, 0) is 15.5 Å². The van der Waals surface area contributed by atoms with Crippen LogP contribution < -0.4 is 0 Å². The summed E-state index contributed by atoms with van der Waals surface area (Å²) >= 11 is 0. The highest BCUT2D eigenvalue weighted by molar-refractivity contribution is 8.13. The Morgan fingerprint density at radius 2 is 1.67 bits per heavy atom. The van der Waals surface area contributed by atoms with Crippen molar-refractivity contribution in [2.75, 3.05) is 5.75 Å². The maximum atomic E-state index is 10.7. The van der Waals surface area contributed by atoms with Crippen molar-refractivity contribution in [1.82, 2.24) is 0 Å². The fourth-order valence-corrected chi connectivity index (χ4v) is 2.48. The Balaban J connectivity index is 2.58. The molecule has 0 saturated heterocycles. The summed E-state index contributed by atoms with van der Waals surface area (Å²) in [7, 11) is 1.79. The molecule has 0 saturated carbocycles. The van der Waals surface area contributed by atoms with Gasteiger partial charge in [0.25, 0.3) is 0 Å². The summed E-state index contributed by atoms with van der Waals surface area (Å²) in [5, 5.41) is 0. The molecule has 0 aliphatic carbocycles. The molecule has 0 unspecified atom stereocenters. The molecule has 0 aliphatic rings. The van der Waals surface area contributed by atoms with Crippen molar-refractivity contribution in [2.24, 2.45) is 0 Å². The van der Waals surface area contributed by atoms with Gasteiger partial charge in [0.2, 0.25) is 9.05 Å². The van der Waals surface area contributed by atoms with Gasteiger partial charge >= 0.3 is 0 Å². The predicted molar refractivity (Wildman–Crippen MR) is 63.9 cm³/mol. The molecular weight excluding hydrogens is 232 g/mol. The minimum atomic E-state index is -3.34. The minimum absolute atomic E-state index is 0.0432. The zero-order valence-electron chi connectivity index (χ0n) is 8.96. The molecule has 0 N–H and O–H groups in total. The van der Waals surface area contributed by atoms with Crippen LogP contribution >= 0.6 is 10.7 Å². The van der Waals surface area contributed by atoms with E-state index in [4.69, 9.17) is 10.7 Å². The summed E-state index contributed by atoms with van der Waals surface area (Å²) in [5.41, 5.74) is 3.59. The van der Waals surface area contributed by atoms with Crippen LogP contribution in [0.1, 0.15) is 23.1 Å². The van der Waals surface area contributed by atoms with E-state index in [2.05, 4.69) is 18.2 Å². The Morgan fingerprint density at radius 1 is 1.13 bits per heavy atom. The van der Waals surface area contributed by atoms with Crippen LogP contribution in [0.5, 0.6) is 0 Å². The molecule has 84 valence electrons. The van der Waals surface area contributed by atoms with Crippen molar-refractivity contribution in [2.45, 2.75) is 26.7 Å². The third-order valence-electron chi connectivity index (χ3n) is 2.14. The quantitative estimate of drug-likeness (QED) is 0.766. The second-order valence-electron chi connectivity index (χ2n) is 3.84. The minimum Gasteiger partial charge on any atom is -0.212 e. The third-order valence-corrected chi connectivity index (χ3v) is 3.37. The molecule has 1 rings (SSSR count). The Labute approximate surface area is 95.7 Å². The Bertz CT molecular complexity index is 418. The normalized spacial score (nSPS) is 11.7. The first-order chi connectivity index (χ1) is 6.87. The number of rotatable bonds is 4. The molecular formula is C11H15ClO2S. The van der Waals surface area contributed by atoms with Gasteiger partial charge < -0.3 is 0 Å². The monoisotopic (exact) mass is 246 g/mol. The fourth-order valence-electron chi connectivity index (χ4n) is 1.66. The molecule has 2 nitrogen and oxygen atoms in total. The first-order valence-corrected chi connectivity index (χ1v) is 7.34. The molecule has 0 bridgehead atoms. The lowest BCUT2D eigenvalue weighted by atomic mass is 10.0. The number of aryl methyl sites for hydroxylation is 3. The summed E-state index contributed by atoms with van der Waals surface area (Å²) < 4.78 is 21.4. The van der Waals surface area contributed by atoms with E-state index < -0.39 is 9.05 Å². The van der Waals surface area contributed by atoms with Crippen LogP contribution in [0.4, 0.5) is 0 Å². The Hall–Kier alpha value is -0.540. The third kappa shape index (κ3) is 5.19. The van der Waals surface area contributed by atoms with E-state index in [1.165, 1.54) is 16.7 Å². The summed E-state index contributed by atoms with van der Waals surface area (Å²) in [6, 6.07) is 6.25. The summed E-state index contributed by atoms with van der Waals surface area (Å²) in [5.74, 6) is 0.0432. The van der Waals surface area contributed by atoms with Gasteiger partial charge in [-0.1, -0.05) is 29.3 Å². The zero-order chi connectivity index (χ0) is 11.5. The molecule has 1 aromatic rings. The molecule has 0 aromatic heterocycles. The number of halogens is 1. The maximum Gasteiger partial charge on any atom is 0.232 e. The van der Waals surface area contributed by atoms with Gasteiger partial charge in [-0.05, 0) is 32.3 Å². The van der Waals surface area contributed by atoms with Crippen LogP contribution in [-0.4, -0.2) is 14.2 Å². The molecule has 0 atom stereocenters. The van der Waals surface area contributed by atoms with E-state index in [9.17, 15) is 8.42 Å². The van der Waals surface area contributed by atoms with Gasteiger partial charge in [-0.2, -0.15) is 0 Å². The van der Waals surface area contributed by atoms with Crippen LogP contribution in [0.2, 0.25) is 0 Å². The molecule has 0 fully saturated rings. The van der Waals surface area contributed by atoms with E-state index in [-0.39, 0.29) is 5.75 Å². The van der Waals surface area contributed by atoms with Crippen LogP contribution in [0.15, 0.2) is 18.2 Å². The number of benzene rings is 1. The topological polar surface area (TPSA) is 34.1 Å². The highest BCUT2D eigenvalue weighted by atomic mass is 35.7. The molecule has 0 amide bonds. The van der Waals surface area contributed by atoms with Gasteiger partial charge in [-0.25, -0.2) is 8.42 Å². The van der Waals surface area contributed by atoms with Crippen molar-refractivity contribution in [3.05, 3.63) is 34.9 Å². The molecule has 0 spiro atoms. The van der Waals surface area contributed by atoms with Crippen molar-refractivity contribution in [3.63, 3.8) is 0 Å². The van der Waals surface area contributed by atoms with Crippen molar-refractivity contribution < 1.29 is 8.42 Å².